The molecule has 3 aliphatic rings. The summed E-state index contributed by atoms with van der Waals surface area (Å²) in [5.74, 6) is -0.723. The summed E-state index contributed by atoms with van der Waals surface area (Å²) in [4.78, 5) is 0. The third-order valence-electron chi connectivity index (χ3n) is 3.21. The first-order chi connectivity index (χ1) is 6.33. The van der Waals surface area contributed by atoms with Gasteiger partial charge in [-0.1, -0.05) is 39.0 Å². The van der Waals surface area contributed by atoms with Crippen LogP contribution in [-0.4, -0.2) is 17.9 Å². The van der Waals surface area contributed by atoms with Gasteiger partial charge in [-0.25, -0.2) is 0 Å². The summed E-state index contributed by atoms with van der Waals surface area (Å²) in [5, 5.41) is 0. The molecule has 3 saturated heterocycles. The molecule has 0 amide bonds. The molecule has 0 radical (unpaired) electrons. The lowest BCUT2D eigenvalue weighted by atomic mass is 10.0. The minimum atomic E-state index is -0.499. The highest BCUT2D eigenvalue weighted by molar-refractivity contribution is 5.24. The Bertz CT molecular complexity index is 220. The van der Waals surface area contributed by atoms with E-state index in [0.29, 0.717) is 0 Å². The molecule has 0 aromatic heterocycles. The van der Waals surface area contributed by atoms with Crippen molar-refractivity contribution in [3.63, 3.8) is 0 Å². The summed E-state index contributed by atoms with van der Waals surface area (Å²) < 4.78 is 15.9. The Kier molecular flexibility index (Phi) is 1.56. The van der Waals surface area contributed by atoms with Crippen molar-refractivity contribution >= 4 is 0 Å². The van der Waals surface area contributed by atoms with E-state index < -0.39 is 5.97 Å². The monoisotopic (exact) mass is 184 g/mol. The molecule has 0 N–H and O–H groups in total. The third kappa shape index (κ3) is 0.953. The van der Waals surface area contributed by atoms with Crippen LogP contribution in [0.25, 0.3) is 0 Å². The first-order valence-electron chi connectivity index (χ1n) is 5.41. The molecule has 1 atom stereocenters. The summed E-state index contributed by atoms with van der Waals surface area (Å²) in [6.45, 7) is 2.23. The van der Waals surface area contributed by atoms with Crippen molar-refractivity contribution < 1.29 is 14.2 Å². The van der Waals surface area contributed by atoms with Crippen LogP contribution in [0.5, 0.6) is 0 Å². The number of epoxide rings is 2. The summed E-state index contributed by atoms with van der Waals surface area (Å²) in [5.41, 5.74) is 0. The van der Waals surface area contributed by atoms with Gasteiger partial charge in [0.2, 0.25) is 0 Å². The second-order valence-electron chi connectivity index (χ2n) is 4.24. The average molecular weight is 184 g/mol. The molecule has 3 heterocycles. The Labute approximate surface area is 78.3 Å². The minimum Gasteiger partial charge on any atom is -0.313 e. The lowest BCUT2D eigenvalue weighted by molar-refractivity contribution is -0.143. The number of hydrogen-bond acceptors (Lipinski definition) is 3. The SMILES string of the molecule is CCCCCCCC1OC23OC12O3. The van der Waals surface area contributed by atoms with Crippen molar-refractivity contribution in [2.24, 2.45) is 0 Å². The fourth-order valence-corrected chi connectivity index (χ4v) is 2.20. The van der Waals surface area contributed by atoms with Crippen molar-refractivity contribution in [3.05, 3.63) is 0 Å². The fraction of sp³-hybridized carbons (Fsp3) is 1.00. The van der Waals surface area contributed by atoms with Crippen molar-refractivity contribution in [1.29, 1.82) is 0 Å². The summed E-state index contributed by atoms with van der Waals surface area (Å²) in [6, 6.07) is 0. The van der Waals surface area contributed by atoms with Gasteiger partial charge in [-0.05, 0) is 6.42 Å². The molecule has 0 aromatic rings. The molecule has 3 rings (SSSR count). The van der Waals surface area contributed by atoms with Crippen LogP contribution in [-0.2, 0) is 14.2 Å². The minimum absolute atomic E-state index is 0.224. The number of ether oxygens (including phenoxy) is 3. The first kappa shape index (κ1) is 8.21. The number of rotatable bonds is 6. The van der Waals surface area contributed by atoms with Gasteiger partial charge in [-0.3, -0.25) is 9.47 Å². The van der Waals surface area contributed by atoms with Crippen LogP contribution in [0.2, 0.25) is 0 Å². The van der Waals surface area contributed by atoms with Gasteiger partial charge >= 0.3 is 5.97 Å². The van der Waals surface area contributed by atoms with Gasteiger partial charge in [0.1, 0.15) is 6.10 Å². The van der Waals surface area contributed by atoms with Crippen LogP contribution in [0.1, 0.15) is 45.4 Å². The van der Waals surface area contributed by atoms with Crippen LogP contribution in [0.4, 0.5) is 0 Å². The lowest BCUT2D eigenvalue weighted by Gasteiger charge is -2.15. The Morgan fingerprint density at radius 3 is 2.38 bits per heavy atom. The molecule has 0 saturated carbocycles. The van der Waals surface area contributed by atoms with E-state index in [0.717, 1.165) is 6.42 Å². The quantitative estimate of drug-likeness (QED) is 0.468. The van der Waals surface area contributed by atoms with Gasteiger partial charge in [-0.15, -0.1) is 0 Å². The largest absolute Gasteiger partial charge is 0.349 e. The van der Waals surface area contributed by atoms with Crippen LogP contribution in [0.15, 0.2) is 0 Å². The second-order valence-corrected chi connectivity index (χ2v) is 4.24. The second kappa shape index (κ2) is 2.47. The van der Waals surface area contributed by atoms with Crippen LogP contribution < -0.4 is 0 Å². The van der Waals surface area contributed by atoms with Crippen LogP contribution in [0, 0.1) is 0 Å². The van der Waals surface area contributed by atoms with E-state index in [2.05, 4.69) is 6.92 Å². The van der Waals surface area contributed by atoms with Crippen molar-refractivity contribution in [2.45, 2.75) is 63.3 Å². The van der Waals surface area contributed by atoms with E-state index >= 15 is 0 Å². The van der Waals surface area contributed by atoms with E-state index in [4.69, 9.17) is 14.2 Å². The zero-order valence-corrected chi connectivity index (χ0v) is 8.04. The molecule has 0 aromatic carbocycles. The zero-order valence-electron chi connectivity index (χ0n) is 8.04. The van der Waals surface area contributed by atoms with Gasteiger partial charge < -0.3 is 4.74 Å². The fourth-order valence-electron chi connectivity index (χ4n) is 2.20. The van der Waals surface area contributed by atoms with E-state index in [9.17, 15) is 0 Å². The molecule has 3 fully saturated rings. The molecule has 1 unspecified atom stereocenters. The highest BCUT2D eigenvalue weighted by Crippen LogP contribution is 2.79. The van der Waals surface area contributed by atoms with Gasteiger partial charge in [-0.2, -0.15) is 0 Å². The highest BCUT2D eigenvalue weighted by Gasteiger charge is 3.05. The highest BCUT2D eigenvalue weighted by atomic mass is 17.2. The van der Waals surface area contributed by atoms with Crippen molar-refractivity contribution in [3.8, 4) is 0 Å². The summed E-state index contributed by atoms with van der Waals surface area (Å²) in [7, 11) is 0. The normalized spacial score (nSPS) is 49.2. The predicted octanol–water partition coefficient (Wildman–Crippen LogP) is 2.16. The zero-order chi connectivity index (χ0) is 8.94. The Hall–Kier alpha value is -0.120. The molecule has 0 bridgehead atoms. The standard InChI is InChI=1S/C10H16O3/c1-2-3-4-5-6-7-8-9-10(11-8,12-9)13-9/h8H,2-7H2,1H3. The maximum absolute atomic E-state index is 5.43. The van der Waals surface area contributed by atoms with Crippen LogP contribution >= 0.6 is 0 Å². The van der Waals surface area contributed by atoms with Gasteiger partial charge in [0.25, 0.3) is 5.79 Å². The number of unbranched alkanes of at least 4 members (excludes halogenated alkanes) is 4. The summed E-state index contributed by atoms with van der Waals surface area (Å²) in [6.07, 6.45) is 7.92. The molecule has 3 nitrogen and oxygen atoms in total. The topological polar surface area (TPSA) is 34.3 Å². The maximum Gasteiger partial charge on any atom is 0.349 e. The summed E-state index contributed by atoms with van der Waals surface area (Å²) >= 11 is 0. The Morgan fingerprint density at radius 2 is 1.85 bits per heavy atom. The molecule has 74 valence electrons. The molecule has 13 heavy (non-hydrogen) atoms. The third-order valence-corrected chi connectivity index (χ3v) is 3.21. The maximum atomic E-state index is 5.43. The van der Waals surface area contributed by atoms with Gasteiger partial charge in [0, 0.05) is 0 Å². The molecular formula is C10H16O3. The van der Waals surface area contributed by atoms with Gasteiger partial charge in [0.05, 0.1) is 0 Å². The first-order valence-corrected chi connectivity index (χ1v) is 5.41. The molecule has 3 aliphatic heterocycles. The average Bonchev–Trinajstić information content (AvgIpc) is 2.75. The van der Waals surface area contributed by atoms with E-state index in [1.807, 2.05) is 0 Å². The Morgan fingerprint density at radius 1 is 1.08 bits per heavy atom. The lowest BCUT2D eigenvalue weighted by Crippen LogP contribution is -2.33. The molecule has 0 aliphatic carbocycles. The van der Waals surface area contributed by atoms with E-state index in [1.165, 1.54) is 32.1 Å². The Balaban J connectivity index is 1.29. The van der Waals surface area contributed by atoms with Crippen molar-refractivity contribution in [1.82, 2.24) is 0 Å². The molecule has 3 heteroatoms. The smallest absolute Gasteiger partial charge is 0.313 e. The predicted molar refractivity (Wildman–Crippen MR) is 45.9 cm³/mol. The molecule has 0 spiro atoms. The molecular weight excluding hydrogens is 168 g/mol. The van der Waals surface area contributed by atoms with Crippen molar-refractivity contribution in [2.75, 3.05) is 0 Å². The van der Waals surface area contributed by atoms with E-state index in [1.54, 1.807) is 0 Å². The van der Waals surface area contributed by atoms with E-state index in [-0.39, 0.29) is 11.9 Å². The number of hydrogen-bond donors (Lipinski definition) is 0. The van der Waals surface area contributed by atoms with Gasteiger partial charge in [0.15, 0.2) is 0 Å². The van der Waals surface area contributed by atoms with Crippen LogP contribution in [0.3, 0.4) is 0 Å².